The second-order valence-electron chi connectivity index (χ2n) is 5.95. The molecule has 0 heterocycles. The number of hydrogen-bond acceptors (Lipinski definition) is 2. The Morgan fingerprint density at radius 3 is 2.48 bits per heavy atom. The zero-order chi connectivity index (χ0) is 14.7. The van der Waals surface area contributed by atoms with E-state index >= 15 is 0 Å². The highest BCUT2D eigenvalue weighted by Crippen LogP contribution is 2.31. The molecule has 1 fully saturated rings. The van der Waals surface area contributed by atoms with Crippen molar-refractivity contribution in [2.24, 2.45) is 0 Å². The smallest absolute Gasteiger partial charge is 0.120 e. The van der Waals surface area contributed by atoms with Crippen molar-refractivity contribution in [3.05, 3.63) is 65.7 Å². The van der Waals surface area contributed by atoms with Crippen LogP contribution >= 0.6 is 0 Å². The summed E-state index contributed by atoms with van der Waals surface area (Å²) >= 11 is 0. The van der Waals surface area contributed by atoms with Gasteiger partial charge in [-0.05, 0) is 48.4 Å². The summed E-state index contributed by atoms with van der Waals surface area (Å²) in [5.74, 6) is 1.20. The van der Waals surface area contributed by atoms with Gasteiger partial charge < -0.3 is 9.84 Å². The van der Waals surface area contributed by atoms with Crippen LogP contribution in [0.1, 0.15) is 49.3 Å². The van der Waals surface area contributed by atoms with Gasteiger partial charge in [0.15, 0.2) is 0 Å². The summed E-state index contributed by atoms with van der Waals surface area (Å²) in [6.07, 6.45) is 2.95. The van der Waals surface area contributed by atoms with Gasteiger partial charge in [-0.1, -0.05) is 49.4 Å². The molecule has 0 radical (unpaired) electrons. The Morgan fingerprint density at radius 2 is 1.76 bits per heavy atom. The maximum absolute atomic E-state index is 10.5. The molecule has 2 heteroatoms. The van der Waals surface area contributed by atoms with Gasteiger partial charge in [-0.2, -0.15) is 0 Å². The molecule has 0 amide bonds. The zero-order valence-electron chi connectivity index (χ0n) is 12.4. The monoisotopic (exact) mass is 282 g/mol. The highest BCUT2D eigenvalue weighted by Gasteiger charge is 2.23. The first-order chi connectivity index (χ1) is 10.2. The fourth-order valence-corrected chi connectivity index (χ4v) is 2.56. The SMILES string of the molecule is CC(CC(O)c1cccc(OC2CC2)c1)c1ccccc1. The molecule has 3 rings (SSSR count). The lowest BCUT2D eigenvalue weighted by molar-refractivity contribution is 0.159. The third kappa shape index (κ3) is 3.85. The van der Waals surface area contributed by atoms with Crippen LogP contribution in [0.15, 0.2) is 54.6 Å². The molecule has 110 valence electrons. The molecule has 0 spiro atoms. The summed E-state index contributed by atoms with van der Waals surface area (Å²) in [5, 5.41) is 10.5. The zero-order valence-corrected chi connectivity index (χ0v) is 12.4. The van der Waals surface area contributed by atoms with Gasteiger partial charge in [0.1, 0.15) is 5.75 Å². The Labute approximate surface area is 126 Å². The molecule has 2 nitrogen and oxygen atoms in total. The van der Waals surface area contributed by atoms with Crippen molar-refractivity contribution < 1.29 is 9.84 Å². The predicted molar refractivity (Wildman–Crippen MR) is 84.5 cm³/mol. The third-order valence-corrected chi connectivity index (χ3v) is 4.02. The van der Waals surface area contributed by atoms with E-state index in [1.807, 2.05) is 42.5 Å². The van der Waals surface area contributed by atoms with E-state index in [1.54, 1.807) is 0 Å². The van der Waals surface area contributed by atoms with Crippen LogP contribution in [0.4, 0.5) is 0 Å². The number of aliphatic hydroxyl groups is 1. The molecule has 1 saturated carbocycles. The molecule has 21 heavy (non-hydrogen) atoms. The van der Waals surface area contributed by atoms with Crippen LogP contribution in [0.2, 0.25) is 0 Å². The van der Waals surface area contributed by atoms with E-state index < -0.39 is 6.10 Å². The van der Waals surface area contributed by atoms with Crippen LogP contribution in [0.5, 0.6) is 5.75 Å². The molecular formula is C19H22O2. The van der Waals surface area contributed by atoms with Crippen LogP contribution in [0, 0.1) is 0 Å². The Morgan fingerprint density at radius 1 is 1.05 bits per heavy atom. The van der Waals surface area contributed by atoms with Gasteiger partial charge in [0.2, 0.25) is 0 Å². The number of hydrogen-bond donors (Lipinski definition) is 1. The lowest BCUT2D eigenvalue weighted by atomic mass is 9.92. The van der Waals surface area contributed by atoms with Gasteiger partial charge in [0.25, 0.3) is 0 Å². The van der Waals surface area contributed by atoms with E-state index in [9.17, 15) is 5.11 Å². The minimum Gasteiger partial charge on any atom is -0.490 e. The van der Waals surface area contributed by atoms with Crippen LogP contribution in [0.3, 0.4) is 0 Å². The number of ether oxygens (including phenoxy) is 1. The van der Waals surface area contributed by atoms with Crippen LogP contribution in [-0.4, -0.2) is 11.2 Å². The van der Waals surface area contributed by atoms with Crippen molar-refractivity contribution in [2.75, 3.05) is 0 Å². The minimum absolute atomic E-state index is 0.328. The van der Waals surface area contributed by atoms with Gasteiger partial charge in [0.05, 0.1) is 12.2 Å². The van der Waals surface area contributed by atoms with Crippen LogP contribution in [-0.2, 0) is 0 Å². The van der Waals surface area contributed by atoms with E-state index in [1.165, 1.54) is 5.56 Å². The highest BCUT2D eigenvalue weighted by atomic mass is 16.5. The summed E-state index contributed by atoms with van der Waals surface area (Å²) in [4.78, 5) is 0. The molecular weight excluding hydrogens is 260 g/mol. The lowest BCUT2D eigenvalue weighted by Gasteiger charge is -2.18. The lowest BCUT2D eigenvalue weighted by Crippen LogP contribution is -2.04. The first-order valence-corrected chi connectivity index (χ1v) is 7.72. The molecule has 1 aliphatic carbocycles. The summed E-state index contributed by atoms with van der Waals surface area (Å²) in [7, 11) is 0. The summed E-state index contributed by atoms with van der Waals surface area (Å²) in [6, 6.07) is 18.2. The molecule has 0 aromatic heterocycles. The van der Waals surface area contributed by atoms with E-state index in [0.717, 1.165) is 30.6 Å². The van der Waals surface area contributed by atoms with Crippen molar-refractivity contribution >= 4 is 0 Å². The first-order valence-electron chi connectivity index (χ1n) is 7.72. The molecule has 0 aliphatic heterocycles. The average Bonchev–Trinajstić information content (AvgIpc) is 3.32. The molecule has 0 bridgehead atoms. The molecule has 1 N–H and O–H groups in total. The Hall–Kier alpha value is -1.80. The van der Waals surface area contributed by atoms with E-state index in [2.05, 4.69) is 19.1 Å². The van der Waals surface area contributed by atoms with Gasteiger partial charge in [-0.25, -0.2) is 0 Å². The third-order valence-electron chi connectivity index (χ3n) is 4.02. The van der Waals surface area contributed by atoms with Crippen molar-refractivity contribution in [1.29, 1.82) is 0 Å². The highest BCUT2D eigenvalue weighted by molar-refractivity contribution is 5.31. The average molecular weight is 282 g/mol. The second-order valence-corrected chi connectivity index (χ2v) is 5.95. The summed E-state index contributed by atoms with van der Waals surface area (Å²) in [5.41, 5.74) is 2.21. The van der Waals surface area contributed by atoms with Gasteiger partial charge in [-0.3, -0.25) is 0 Å². The van der Waals surface area contributed by atoms with Gasteiger partial charge in [-0.15, -0.1) is 0 Å². The van der Waals surface area contributed by atoms with E-state index in [0.29, 0.717) is 12.0 Å². The molecule has 2 atom stereocenters. The van der Waals surface area contributed by atoms with Crippen molar-refractivity contribution in [2.45, 2.75) is 44.3 Å². The van der Waals surface area contributed by atoms with Gasteiger partial charge >= 0.3 is 0 Å². The maximum atomic E-state index is 10.5. The molecule has 2 aromatic rings. The van der Waals surface area contributed by atoms with Crippen molar-refractivity contribution in [1.82, 2.24) is 0 Å². The first kappa shape index (κ1) is 14.2. The minimum atomic E-state index is -0.456. The fraction of sp³-hybridized carbons (Fsp3) is 0.368. The number of benzene rings is 2. The summed E-state index contributed by atoms with van der Waals surface area (Å²) < 4.78 is 5.79. The van der Waals surface area contributed by atoms with Crippen LogP contribution < -0.4 is 4.74 Å². The molecule has 2 aromatic carbocycles. The Bertz CT molecular complexity index is 575. The predicted octanol–water partition coefficient (Wildman–Crippen LogP) is 4.46. The standard InChI is InChI=1S/C19H22O2/c1-14(15-6-3-2-4-7-15)12-19(20)16-8-5-9-18(13-16)21-17-10-11-17/h2-9,13-14,17,19-20H,10-12H2,1H3. The number of rotatable bonds is 6. The largest absolute Gasteiger partial charge is 0.490 e. The van der Waals surface area contributed by atoms with Crippen molar-refractivity contribution in [3.8, 4) is 5.75 Å². The van der Waals surface area contributed by atoms with Crippen LogP contribution in [0.25, 0.3) is 0 Å². The molecule has 0 saturated heterocycles. The molecule has 2 unspecified atom stereocenters. The fourth-order valence-electron chi connectivity index (χ4n) is 2.56. The maximum Gasteiger partial charge on any atom is 0.120 e. The van der Waals surface area contributed by atoms with E-state index in [-0.39, 0.29) is 0 Å². The topological polar surface area (TPSA) is 29.5 Å². The Kier molecular flexibility index (Phi) is 4.26. The number of aliphatic hydroxyl groups excluding tert-OH is 1. The molecule has 1 aliphatic rings. The van der Waals surface area contributed by atoms with E-state index in [4.69, 9.17) is 4.74 Å². The van der Waals surface area contributed by atoms with Crippen molar-refractivity contribution in [3.63, 3.8) is 0 Å². The summed E-state index contributed by atoms with van der Waals surface area (Å²) in [6.45, 7) is 2.16. The van der Waals surface area contributed by atoms with Gasteiger partial charge in [0, 0.05) is 0 Å². The quantitative estimate of drug-likeness (QED) is 0.848. The second kappa shape index (κ2) is 6.31. The Balaban J connectivity index is 1.65. The normalized spacial score (nSPS) is 17.2.